The summed E-state index contributed by atoms with van der Waals surface area (Å²) in [4.78, 5) is 14.0. The number of fused-ring (bicyclic) bond motifs is 1. The Kier molecular flexibility index (Phi) is 3.27. The van der Waals surface area contributed by atoms with Gasteiger partial charge in [0.15, 0.2) is 5.88 Å². The first-order valence-corrected chi connectivity index (χ1v) is 6.15. The van der Waals surface area contributed by atoms with E-state index in [1.54, 1.807) is 4.68 Å². The number of nitrogens with zero attached hydrogens (tertiary/aromatic N) is 2. The summed E-state index contributed by atoms with van der Waals surface area (Å²) >= 11 is 0. The third-order valence-electron chi connectivity index (χ3n) is 3.35. The van der Waals surface area contributed by atoms with E-state index in [1.165, 1.54) is 6.07 Å². The summed E-state index contributed by atoms with van der Waals surface area (Å²) in [5.41, 5.74) is 5.97. The van der Waals surface area contributed by atoms with E-state index in [0.29, 0.717) is 29.2 Å². The Morgan fingerprint density at radius 3 is 2.78 bits per heavy atom. The van der Waals surface area contributed by atoms with Crippen LogP contribution in [0.3, 0.4) is 0 Å². The van der Waals surface area contributed by atoms with Crippen LogP contribution in [0, 0.1) is 5.92 Å². The summed E-state index contributed by atoms with van der Waals surface area (Å²) in [6, 6.07) is 1.41. The van der Waals surface area contributed by atoms with Gasteiger partial charge < -0.3 is 10.8 Å². The molecule has 2 heterocycles. The quantitative estimate of drug-likeness (QED) is 0.765. The van der Waals surface area contributed by atoms with Crippen LogP contribution in [0.25, 0.3) is 10.9 Å². The summed E-state index contributed by atoms with van der Waals surface area (Å²) in [6.07, 6.45) is 2.07. The molecule has 0 amide bonds. The van der Waals surface area contributed by atoms with E-state index in [1.807, 2.05) is 0 Å². The number of aromatic amines is 1. The van der Waals surface area contributed by atoms with Crippen molar-refractivity contribution in [1.29, 1.82) is 0 Å². The highest BCUT2D eigenvalue weighted by Gasteiger charge is 2.15. The number of H-pyrrole nitrogens is 1. The first kappa shape index (κ1) is 12.5. The molecule has 0 fully saturated rings. The van der Waals surface area contributed by atoms with E-state index in [9.17, 15) is 9.90 Å². The predicted octanol–water partition coefficient (Wildman–Crippen LogP) is 1.45. The molecule has 2 aromatic heterocycles. The summed E-state index contributed by atoms with van der Waals surface area (Å²) < 4.78 is 1.65. The van der Waals surface area contributed by atoms with Gasteiger partial charge in [-0.1, -0.05) is 26.7 Å². The first-order chi connectivity index (χ1) is 8.56. The van der Waals surface area contributed by atoms with E-state index in [-0.39, 0.29) is 5.88 Å². The van der Waals surface area contributed by atoms with Crippen molar-refractivity contribution in [2.75, 3.05) is 5.73 Å². The molecule has 0 saturated heterocycles. The molecule has 0 radical (unpaired) electrons. The van der Waals surface area contributed by atoms with Crippen LogP contribution in [-0.2, 0) is 6.54 Å². The second-order valence-electron chi connectivity index (χ2n) is 4.49. The minimum Gasteiger partial charge on any atom is -0.494 e. The molecule has 6 heteroatoms. The van der Waals surface area contributed by atoms with Crippen LogP contribution in [0.15, 0.2) is 10.9 Å². The number of nitrogens with two attached hydrogens (primary N) is 1. The fourth-order valence-corrected chi connectivity index (χ4v) is 2.10. The van der Waals surface area contributed by atoms with Crippen LogP contribution in [0.5, 0.6) is 5.88 Å². The van der Waals surface area contributed by atoms with Crippen molar-refractivity contribution >= 4 is 16.7 Å². The fraction of sp³-hybridized carbons (Fsp3) is 0.500. The maximum Gasteiger partial charge on any atom is 0.263 e. The number of hydrogen-bond donors (Lipinski definition) is 3. The van der Waals surface area contributed by atoms with Crippen molar-refractivity contribution in [3.8, 4) is 5.88 Å². The van der Waals surface area contributed by atoms with Gasteiger partial charge in [-0.25, -0.2) is 4.68 Å². The molecule has 6 nitrogen and oxygen atoms in total. The van der Waals surface area contributed by atoms with Gasteiger partial charge in [-0.3, -0.25) is 9.78 Å². The summed E-state index contributed by atoms with van der Waals surface area (Å²) in [5.74, 6) is 0.645. The molecule has 0 aliphatic carbocycles. The lowest BCUT2D eigenvalue weighted by atomic mass is 10.0. The van der Waals surface area contributed by atoms with Gasteiger partial charge in [0.1, 0.15) is 16.7 Å². The molecule has 0 spiro atoms. The summed E-state index contributed by atoms with van der Waals surface area (Å²) in [5, 5.41) is 14.0. The van der Waals surface area contributed by atoms with Crippen molar-refractivity contribution < 1.29 is 5.11 Å². The zero-order valence-electron chi connectivity index (χ0n) is 10.6. The lowest BCUT2D eigenvalue weighted by Gasteiger charge is -2.12. The normalized spacial score (nSPS) is 11.5. The Balaban J connectivity index is 2.51. The number of nitrogens with one attached hydrogen (secondary N) is 1. The molecule has 0 unspecified atom stereocenters. The average molecular weight is 250 g/mol. The van der Waals surface area contributed by atoms with E-state index in [0.717, 1.165) is 12.8 Å². The van der Waals surface area contributed by atoms with Crippen LogP contribution in [0.1, 0.15) is 26.7 Å². The number of rotatable bonds is 4. The van der Waals surface area contributed by atoms with E-state index >= 15 is 0 Å². The molecule has 2 rings (SSSR count). The minimum absolute atomic E-state index is 0.195. The highest BCUT2D eigenvalue weighted by atomic mass is 16.3. The Hall–Kier alpha value is -1.98. The van der Waals surface area contributed by atoms with Crippen LogP contribution in [0.4, 0.5) is 5.82 Å². The monoisotopic (exact) mass is 250 g/mol. The van der Waals surface area contributed by atoms with Gasteiger partial charge in [-0.2, -0.15) is 5.10 Å². The molecule has 4 N–H and O–H groups in total. The number of nitrogen functional groups attached to an aromatic ring is 1. The summed E-state index contributed by atoms with van der Waals surface area (Å²) in [7, 11) is 0. The van der Waals surface area contributed by atoms with E-state index < -0.39 is 5.56 Å². The third kappa shape index (κ3) is 2.05. The first-order valence-electron chi connectivity index (χ1n) is 6.15. The highest BCUT2D eigenvalue weighted by Crippen LogP contribution is 2.21. The molecule has 0 bridgehead atoms. The molecular formula is C12H18N4O2. The number of aromatic nitrogens is 3. The van der Waals surface area contributed by atoms with Gasteiger partial charge in [0, 0.05) is 12.6 Å². The molecule has 0 saturated carbocycles. The molecule has 98 valence electrons. The molecule has 0 aromatic carbocycles. The Morgan fingerprint density at radius 1 is 1.50 bits per heavy atom. The standard InChI is InChI=1S/C12H18N4O2/c1-3-7(4-2)6-16-11(13)10-8(15-16)5-9(17)14-12(10)18/h5,7,17H,3-4,6,13H2,1-2H3,(H,14,18). The van der Waals surface area contributed by atoms with Crippen LogP contribution >= 0.6 is 0 Å². The smallest absolute Gasteiger partial charge is 0.263 e. The maximum absolute atomic E-state index is 11.7. The van der Waals surface area contributed by atoms with Gasteiger partial charge in [0.05, 0.1) is 0 Å². The second-order valence-corrected chi connectivity index (χ2v) is 4.49. The van der Waals surface area contributed by atoms with Crippen molar-refractivity contribution in [2.24, 2.45) is 5.92 Å². The fourth-order valence-electron chi connectivity index (χ4n) is 2.10. The maximum atomic E-state index is 11.7. The molecule has 18 heavy (non-hydrogen) atoms. The Labute approximate surface area is 104 Å². The number of anilines is 1. The SMILES string of the molecule is CCC(CC)Cn1nc2cc(O)[nH]c(=O)c2c1N. The number of aromatic hydroxyl groups is 1. The predicted molar refractivity (Wildman–Crippen MR) is 70.5 cm³/mol. The molecular weight excluding hydrogens is 232 g/mol. The highest BCUT2D eigenvalue weighted by molar-refractivity contribution is 5.88. The Morgan fingerprint density at radius 2 is 2.17 bits per heavy atom. The van der Waals surface area contributed by atoms with Gasteiger partial charge in [-0.05, 0) is 5.92 Å². The number of pyridine rings is 1. The van der Waals surface area contributed by atoms with Crippen LogP contribution in [-0.4, -0.2) is 19.9 Å². The van der Waals surface area contributed by atoms with Gasteiger partial charge in [-0.15, -0.1) is 0 Å². The lowest BCUT2D eigenvalue weighted by molar-refractivity contribution is 0.401. The Bertz CT molecular complexity index is 610. The summed E-state index contributed by atoms with van der Waals surface area (Å²) in [6.45, 7) is 4.92. The molecule has 0 aliphatic rings. The minimum atomic E-state index is -0.404. The molecule has 0 aliphatic heterocycles. The largest absolute Gasteiger partial charge is 0.494 e. The molecule has 2 aromatic rings. The van der Waals surface area contributed by atoms with Crippen molar-refractivity contribution in [1.82, 2.24) is 14.8 Å². The van der Waals surface area contributed by atoms with Crippen molar-refractivity contribution in [3.63, 3.8) is 0 Å². The van der Waals surface area contributed by atoms with Gasteiger partial charge in [0.2, 0.25) is 0 Å². The van der Waals surface area contributed by atoms with Crippen LogP contribution in [0.2, 0.25) is 0 Å². The van der Waals surface area contributed by atoms with Crippen molar-refractivity contribution in [3.05, 3.63) is 16.4 Å². The zero-order chi connectivity index (χ0) is 13.3. The number of hydrogen-bond acceptors (Lipinski definition) is 4. The third-order valence-corrected chi connectivity index (χ3v) is 3.35. The van der Waals surface area contributed by atoms with E-state index in [4.69, 9.17) is 5.73 Å². The second kappa shape index (κ2) is 4.72. The average Bonchev–Trinajstić information content (AvgIpc) is 2.62. The van der Waals surface area contributed by atoms with Crippen LogP contribution < -0.4 is 11.3 Å². The van der Waals surface area contributed by atoms with Gasteiger partial charge >= 0.3 is 0 Å². The molecule has 0 atom stereocenters. The topological polar surface area (TPSA) is 96.9 Å². The van der Waals surface area contributed by atoms with Gasteiger partial charge in [0.25, 0.3) is 5.56 Å². The van der Waals surface area contributed by atoms with Crippen molar-refractivity contribution in [2.45, 2.75) is 33.2 Å². The lowest BCUT2D eigenvalue weighted by Crippen LogP contribution is -2.13. The zero-order valence-corrected chi connectivity index (χ0v) is 10.6. The van der Waals surface area contributed by atoms with E-state index in [2.05, 4.69) is 23.9 Å².